The number of nitrogens with one attached hydrogen (secondary N) is 1. The Kier molecular flexibility index (Phi) is 3.90. The summed E-state index contributed by atoms with van der Waals surface area (Å²) in [5.41, 5.74) is -0.150. The van der Waals surface area contributed by atoms with Crippen molar-refractivity contribution in [2.45, 2.75) is 48.5 Å². The fraction of sp³-hybridized carbons (Fsp3) is 0.692. The molecule has 1 saturated carbocycles. The summed E-state index contributed by atoms with van der Waals surface area (Å²) in [7, 11) is -3.43. The molecule has 1 saturated heterocycles. The molecule has 9 heteroatoms. The standard InChI is InChI=1S/C13H19N3O4S2/c1-8-5-9(7-15(8)10-3-4-10)14-13-11(16(17)18)6-12(21-13)22(2,19)20/h6,8-10,14H,3-5,7H2,1-2H3/t8-,9+/m1/s1. The third-order valence-electron chi connectivity index (χ3n) is 4.23. The molecule has 2 fully saturated rings. The zero-order chi connectivity index (χ0) is 16.1. The molecule has 1 N–H and O–H groups in total. The maximum atomic E-state index is 11.6. The molecule has 0 amide bonds. The number of nitrogens with zero attached hydrogens (tertiary/aromatic N) is 2. The van der Waals surface area contributed by atoms with E-state index >= 15 is 0 Å². The monoisotopic (exact) mass is 345 g/mol. The Morgan fingerprint density at radius 1 is 1.45 bits per heavy atom. The lowest BCUT2D eigenvalue weighted by Gasteiger charge is -2.19. The molecule has 2 aliphatic rings. The zero-order valence-corrected chi connectivity index (χ0v) is 14.1. The molecule has 1 aliphatic heterocycles. The number of hydrogen-bond acceptors (Lipinski definition) is 7. The molecule has 0 spiro atoms. The predicted molar refractivity (Wildman–Crippen MR) is 85.3 cm³/mol. The number of sulfone groups is 1. The van der Waals surface area contributed by atoms with Crippen LogP contribution in [0, 0.1) is 10.1 Å². The van der Waals surface area contributed by atoms with E-state index in [1.165, 1.54) is 12.8 Å². The number of hydrogen-bond donors (Lipinski definition) is 1. The van der Waals surface area contributed by atoms with Crippen molar-refractivity contribution in [1.82, 2.24) is 4.90 Å². The third kappa shape index (κ3) is 3.11. The van der Waals surface area contributed by atoms with Crippen LogP contribution in [0.5, 0.6) is 0 Å². The Bertz CT molecular complexity index is 696. The first-order chi connectivity index (χ1) is 10.3. The Hall–Kier alpha value is -1.19. The molecule has 0 unspecified atom stereocenters. The zero-order valence-electron chi connectivity index (χ0n) is 12.5. The van der Waals surface area contributed by atoms with Gasteiger partial charge in [0.25, 0.3) is 0 Å². The van der Waals surface area contributed by atoms with E-state index in [-0.39, 0.29) is 15.9 Å². The quantitative estimate of drug-likeness (QED) is 0.649. The highest BCUT2D eigenvalue weighted by Crippen LogP contribution is 2.39. The number of rotatable bonds is 5. The van der Waals surface area contributed by atoms with Gasteiger partial charge in [-0.05, 0) is 26.2 Å². The van der Waals surface area contributed by atoms with Gasteiger partial charge < -0.3 is 5.32 Å². The van der Waals surface area contributed by atoms with Gasteiger partial charge in [-0.25, -0.2) is 8.42 Å². The van der Waals surface area contributed by atoms with Crippen molar-refractivity contribution in [2.75, 3.05) is 18.1 Å². The minimum Gasteiger partial charge on any atom is -0.367 e. The molecule has 3 rings (SSSR count). The van der Waals surface area contributed by atoms with Gasteiger partial charge in [-0.3, -0.25) is 15.0 Å². The number of likely N-dealkylation sites (tertiary alicyclic amines) is 1. The average molecular weight is 345 g/mol. The van der Waals surface area contributed by atoms with Crippen molar-refractivity contribution in [1.29, 1.82) is 0 Å². The summed E-state index contributed by atoms with van der Waals surface area (Å²) in [4.78, 5) is 13.1. The molecule has 7 nitrogen and oxygen atoms in total. The summed E-state index contributed by atoms with van der Waals surface area (Å²) >= 11 is 0.949. The fourth-order valence-corrected chi connectivity index (χ4v) is 5.06. The van der Waals surface area contributed by atoms with Crippen LogP contribution in [0.15, 0.2) is 10.3 Å². The average Bonchev–Trinajstić information content (AvgIpc) is 3.03. The van der Waals surface area contributed by atoms with Gasteiger partial charge in [0.05, 0.1) is 4.92 Å². The van der Waals surface area contributed by atoms with Gasteiger partial charge >= 0.3 is 5.69 Å². The minimum atomic E-state index is -3.43. The van der Waals surface area contributed by atoms with Crippen LogP contribution in [0.1, 0.15) is 26.2 Å². The Balaban J connectivity index is 1.80. The smallest absolute Gasteiger partial charge is 0.304 e. The first-order valence-corrected chi connectivity index (χ1v) is 9.97. The molecular weight excluding hydrogens is 326 g/mol. The van der Waals surface area contributed by atoms with Crippen molar-refractivity contribution in [3.05, 3.63) is 16.2 Å². The van der Waals surface area contributed by atoms with Gasteiger partial charge in [-0.2, -0.15) is 0 Å². The molecule has 22 heavy (non-hydrogen) atoms. The van der Waals surface area contributed by atoms with E-state index < -0.39 is 14.8 Å². The van der Waals surface area contributed by atoms with Gasteiger partial charge in [0.1, 0.15) is 4.21 Å². The Morgan fingerprint density at radius 3 is 2.68 bits per heavy atom. The van der Waals surface area contributed by atoms with Crippen molar-refractivity contribution in [2.24, 2.45) is 0 Å². The van der Waals surface area contributed by atoms with Crippen LogP contribution >= 0.6 is 11.3 Å². The van der Waals surface area contributed by atoms with E-state index in [0.717, 1.165) is 36.6 Å². The topological polar surface area (TPSA) is 92.5 Å². The minimum absolute atomic E-state index is 0.0341. The van der Waals surface area contributed by atoms with Crippen molar-refractivity contribution in [3.8, 4) is 0 Å². The van der Waals surface area contributed by atoms with Crippen molar-refractivity contribution >= 4 is 31.9 Å². The molecule has 2 heterocycles. The molecule has 1 aromatic rings. The molecule has 0 radical (unpaired) electrons. The van der Waals surface area contributed by atoms with E-state index in [2.05, 4.69) is 17.1 Å². The van der Waals surface area contributed by atoms with Crippen molar-refractivity contribution < 1.29 is 13.3 Å². The van der Waals surface area contributed by atoms with Crippen LogP contribution in [-0.2, 0) is 9.84 Å². The summed E-state index contributed by atoms with van der Waals surface area (Å²) in [5, 5.41) is 14.7. The summed E-state index contributed by atoms with van der Waals surface area (Å²) < 4.78 is 23.3. The van der Waals surface area contributed by atoms with E-state index in [4.69, 9.17) is 0 Å². The summed E-state index contributed by atoms with van der Waals surface area (Å²) in [5.74, 6) is 0. The van der Waals surface area contributed by atoms with Gasteiger partial charge in [0.15, 0.2) is 14.8 Å². The Labute approximate surface area is 133 Å². The van der Waals surface area contributed by atoms with Crippen LogP contribution in [0.3, 0.4) is 0 Å². The van der Waals surface area contributed by atoms with Crippen LogP contribution in [0.4, 0.5) is 10.7 Å². The first-order valence-electron chi connectivity index (χ1n) is 7.26. The summed E-state index contributed by atoms with van der Waals surface area (Å²) in [6, 6.07) is 2.39. The van der Waals surface area contributed by atoms with Crippen molar-refractivity contribution in [3.63, 3.8) is 0 Å². The maximum Gasteiger partial charge on any atom is 0.304 e. The van der Waals surface area contributed by atoms with E-state index in [9.17, 15) is 18.5 Å². The highest BCUT2D eigenvalue weighted by molar-refractivity contribution is 7.92. The second-order valence-corrected chi connectivity index (χ2v) is 9.46. The van der Waals surface area contributed by atoms with Gasteiger partial charge in [-0.1, -0.05) is 11.3 Å². The van der Waals surface area contributed by atoms with Crippen LogP contribution in [-0.4, -0.2) is 49.2 Å². The fourth-order valence-electron chi connectivity index (χ4n) is 3.04. The summed E-state index contributed by atoms with van der Waals surface area (Å²) in [6.45, 7) is 3.03. The second-order valence-electron chi connectivity index (χ2n) is 6.16. The highest BCUT2D eigenvalue weighted by atomic mass is 32.2. The van der Waals surface area contributed by atoms with E-state index in [0.29, 0.717) is 17.1 Å². The molecule has 2 atom stereocenters. The lowest BCUT2D eigenvalue weighted by molar-refractivity contribution is -0.383. The van der Waals surface area contributed by atoms with Gasteiger partial charge in [-0.15, -0.1) is 0 Å². The largest absolute Gasteiger partial charge is 0.367 e. The highest BCUT2D eigenvalue weighted by Gasteiger charge is 2.39. The van der Waals surface area contributed by atoms with Crippen LogP contribution < -0.4 is 5.32 Å². The summed E-state index contributed by atoms with van der Waals surface area (Å²) in [6.07, 6.45) is 4.45. The van der Waals surface area contributed by atoms with E-state index in [1.54, 1.807) is 0 Å². The molecular formula is C13H19N3O4S2. The van der Waals surface area contributed by atoms with Crippen LogP contribution in [0.25, 0.3) is 0 Å². The second kappa shape index (κ2) is 5.47. The predicted octanol–water partition coefficient (Wildman–Crippen LogP) is 2.10. The first kappa shape index (κ1) is 15.7. The molecule has 122 valence electrons. The molecule has 1 aromatic heterocycles. The SMILES string of the molecule is C[C@@H]1C[C@H](Nc2sc(S(C)(=O)=O)cc2[N+](=O)[O-])CN1C1CC1. The van der Waals surface area contributed by atoms with Gasteiger partial charge in [0.2, 0.25) is 0 Å². The maximum absolute atomic E-state index is 11.6. The molecule has 1 aliphatic carbocycles. The van der Waals surface area contributed by atoms with Gasteiger partial charge in [0, 0.05) is 37.0 Å². The number of anilines is 1. The van der Waals surface area contributed by atoms with Crippen LogP contribution in [0.2, 0.25) is 0 Å². The molecule has 0 aromatic carbocycles. The number of thiophene rings is 1. The molecule has 0 bridgehead atoms. The lowest BCUT2D eigenvalue weighted by Crippen LogP contribution is -2.30. The Morgan fingerprint density at radius 2 is 2.14 bits per heavy atom. The lowest BCUT2D eigenvalue weighted by atomic mass is 10.2. The third-order valence-corrected chi connectivity index (χ3v) is 7.08. The number of nitro groups is 1. The normalized spacial score (nSPS) is 26.3. The van der Waals surface area contributed by atoms with E-state index in [1.807, 2.05) is 0 Å².